The van der Waals surface area contributed by atoms with Crippen molar-refractivity contribution in [1.82, 2.24) is 0 Å². The lowest BCUT2D eigenvalue weighted by Crippen LogP contribution is -2.55. The molecule has 0 atom stereocenters. The van der Waals surface area contributed by atoms with Crippen LogP contribution < -0.4 is 0 Å². The van der Waals surface area contributed by atoms with Crippen LogP contribution in [0.1, 0.15) is 66.2 Å². The molecule has 0 bridgehead atoms. The second-order valence-corrected chi connectivity index (χ2v) is 20.3. The molecule has 0 aliphatic rings. The van der Waals surface area contributed by atoms with Crippen molar-refractivity contribution in [3.8, 4) is 0 Å². The zero-order chi connectivity index (χ0) is 18.4. The number of hydrogen-bond donors (Lipinski definition) is 0. The Bertz CT molecular complexity index is 310. The molecule has 0 aromatic rings. The van der Waals surface area contributed by atoms with E-state index in [0.29, 0.717) is 10.1 Å². The Kier molecular flexibility index (Phi) is 10.5. The Morgan fingerprint density at radius 3 is 1.22 bits per heavy atom. The lowest BCUT2D eigenvalue weighted by atomic mass is 10.1. The van der Waals surface area contributed by atoms with Gasteiger partial charge >= 0.3 is 0 Å². The van der Waals surface area contributed by atoms with Crippen LogP contribution >= 0.6 is 31.9 Å². The first kappa shape index (κ1) is 24.4. The summed E-state index contributed by atoms with van der Waals surface area (Å²) < 4.78 is 7.07. The Morgan fingerprint density at radius 1 is 0.652 bits per heavy atom. The molecule has 0 saturated carbocycles. The third-order valence-electron chi connectivity index (χ3n) is 6.14. The number of alkyl halides is 2. The van der Waals surface area contributed by atoms with E-state index in [4.69, 9.17) is 4.12 Å². The molecule has 0 amide bonds. The summed E-state index contributed by atoms with van der Waals surface area (Å²) in [6.07, 6.45) is 7.71. The van der Waals surface area contributed by atoms with E-state index in [9.17, 15) is 0 Å². The summed E-state index contributed by atoms with van der Waals surface area (Å²) in [6, 6.07) is 0. The van der Waals surface area contributed by atoms with E-state index in [1.54, 1.807) is 0 Å². The molecule has 23 heavy (non-hydrogen) atoms. The fourth-order valence-corrected chi connectivity index (χ4v) is 12.5. The van der Waals surface area contributed by atoms with Crippen molar-refractivity contribution in [1.29, 1.82) is 0 Å². The van der Waals surface area contributed by atoms with Crippen LogP contribution in [0.2, 0.25) is 36.3 Å². The first-order valence-corrected chi connectivity index (χ1v) is 17.2. The second-order valence-electron chi connectivity index (χ2n) is 9.18. The summed E-state index contributed by atoms with van der Waals surface area (Å²) in [6.45, 7) is 19.6. The van der Waals surface area contributed by atoms with Gasteiger partial charge in [0.25, 0.3) is 0 Å². The maximum Gasteiger partial charge on any atom is 0.179 e. The maximum absolute atomic E-state index is 7.07. The van der Waals surface area contributed by atoms with Gasteiger partial charge in [0.15, 0.2) is 16.6 Å². The van der Waals surface area contributed by atoms with Crippen LogP contribution in [0.3, 0.4) is 0 Å². The molecule has 0 fully saturated rings. The van der Waals surface area contributed by atoms with E-state index in [0.717, 1.165) is 10.7 Å². The lowest BCUT2D eigenvalue weighted by Gasteiger charge is -2.49. The Hall–Kier alpha value is 1.35. The van der Waals surface area contributed by atoms with E-state index >= 15 is 0 Å². The number of rotatable bonds is 12. The SMILES string of the molecule is CC(C)(CCCCBr)[Si](C)(C)O[Si](C)(C)C(C)(C)CCCCBr. The number of unbranched alkanes of at least 4 members (excludes halogenated alkanes) is 2. The molecule has 0 heterocycles. The number of halogens is 2. The standard InChI is InChI=1S/C18H40Br2OSi2/c1-17(2,13-9-11-15-19)22(5,6)21-23(7,8)18(3,4)14-10-12-16-20/h9-16H2,1-8H3. The molecule has 5 heteroatoms. The van der Waals surface area contributed by atoms with Crippen molar-refractivity contribution in [3.63, 3.8) is 0 Å². The van der Waals surface area contributed by atoms with E-state index in [-0.39, 0.29) is 0 Å². The van der Waals surface area contributed by atoms with Gasteiger partial charge in [-0.25, -0.2) is 0 Å². The van der Waals surface area contributed by atoms with Gasteiger partial charge in [0.05, 0.1) is 0 Å². The van der Waals surface area contributed by atoms with Crippen molar-refractivity contribution >= 4 is 48.5 Å². The molecule has 0 radical (unpaired) electrons. The van der Waals surface area contributed by atoms with Gasteiger partial charge in [-0.2, -0.15) is 0 Å². The first-order valence-electron chi connectivity index (χ1n) is 9.15. The van der Waals surface area contributed by atoms with E-state index in [2.05, 4.69) is 85.7 Å². The van der Waals surface area contributed by atoms with Crippen molar-refractivity contribution in [2.24, 2.45) is 0 Å². The highest BCUT2D eigenvalue weighted by Gasteiger charge is 2.49. The highest BCUT2D eigenvalue weighted by molar-refractivity contribution is 9.09. The predicted molar refractivity (Wildman–Crippen MR) is 119 cm³/mol. The molecule has 0 aromatic carbocycles. The summed E-state index contributed by atoms with van der Waals surface area (Å²) in [4.78, 5) is 0. The molecule has 140 valence electrons. The quantitative estimate of drug-likeness (QED) is 0.153. The molecular formula is C18H40Br2OSi2. The van der Waals surface area contributed by atoms with Crippen LogP contribution in [0.25, 0.3) is 0 Å². The fourth-order valence-electron chi connectivity index (χ4n) is 2.84. The normalized spacial score (nSPS) is 14.3. The van der Waals surface area contributed by atoms with Gasteiger partial charge in [-0.15, -0.1) is 0 Å². The number of hydrogen-bond acceptors (Lipinski definition) is 1. The first-order chi connectivity index (χ1) is 10.3. The fraction of sp³-hybridized carbons (Fsp3) is 1.00. The van der Waals surface area contributed by atoms with Crippen molar-refractivity contribution < 1.29 is 4.12 Å². The molecule has 0 saturated heterocycles. The minimum absolute atomic E-state index is 0.339. The van der Waals surface area contributed by atoms with Gasteiger partial charge in [-0.05, 0) is 61.9 Å². The van der Waals surface area contributed by atoms with Gasteiger partial charge in [0.2, 0.25) is 0 Å². The minimum atomic E-state index is -1.74. The largest absolute Gasteiger partial charge is 0.455 e. The van der Waals surface area contributed by atoms with Crippen LogP contribution in [0, 0.1) is 0 Å². The third kappa shape index (κ3) is 7.63. The average Bonchev–Trinajstić information content (AvgIpc) is 2.37. The molecule has 0 unspecified atom stereocenters. The van der Waals surface area contributed by atoms with Gasteiger partial charge in [0.1, 0.15) is 0 Å². The van der Waals surface area contributed by atoms with E-state index < -0.39 is 16.6 Å². The smallest absolute Gasteiger partial charge is 0.179 e. The molecule has 0 spiro atoms. The molecule has 1 nitrogen and oxygen atoms in total. The highest BCUT2D eigenvalue weighted by Crippen LogP contribution is 2.49. The predicted octanol–water partition coefficient (Wildman–Crippen LogP) is 8.10. The van der Waals surface area contributed by atoms with Crippen LogP contribution in [0.5, 0.6) is 0 Å². The maximum atomic E-state index is 7.07. The van der Waals surface area contributed by atoms with Crippen LogP contribution in [-0.2, 0) is 4.12 Å². The summed E-state index contributed by atoms with van der Waals surface area (Å²) in [5.41, 5.74) is 0. The monoisotopic (exact) mass is 486 g/mol. The van der Waals surface area contributed by atoms with Gasteiger partial charge in [0, 0.05) is 10.7 Å². The van der Waals surface area contributed by atoms with Crippen LogP contribution in [0.4, 0.5) is 0 Å². The summed E-state index contributed by atoms with van der Waals surface area (Å²) in [5.74, 6) is 0. The lowest BCUT2D eigenvalue weighted by molar-refractivity contribution is 0.402. The third-order valence-corrected chi connectivity index (χ3v) is 18.4. The van der Waals surface area contributed by atoms with Gasteiger partial charge in [-0.1, -0.05) is 72.4 Å². The van der Waals surface area contributed by atoms with Gasteiger partial charge in [-0.3, -0.25) is 0 Å². The zero-order valence-corrected chi connectivity index (χ0v) is 22.0. The van der Waals surface area contributed by atoms with Crippen molar-refractivity contribution in [3.05, 3.63) is 0 Å². The van der Waals surface area contributed by atoms with Crippen LogP contribution in [-0.4, -0.2) is 27.3 Å². The van der Waals surface area contributed by atoms with Crippen molar-refractivity contribution in [2.45, 2.75) is 102 Å². The summed E-state index contributed by atoms with van der Waals surface area (Å²) >= 11 is 7.11. The molecule has 0 aromatic heterocycles. The van der Waals surface area contributed by atoms with Crippen molar-refractivity contribution in [2.75, 3.05) is 10.7 Å². The summed E-state index contributed by atoms with van der Waals surface area (Å²) in [7, 11) is -3.47. The minimum Gasteiger partial charge on any atom is -0.455 e. The molecule has 0 rings (SSSR count). The van der Waals surface area contributed by atoms with Crippen LogP contribution in [0.15, 0.2) is 0 Å². The van der Waals surface area contributed by atoms with E-state index in [1.807, 2.05) is 0 Å². The van der Waals surface area contributed by atoms with E-state index in [1.165, 1.54) is 38.5 Å². The topological polar surface area (TPSA) is 9.23 Å². The molecular weight excluding hydrogens is 448 g/mol. The summed E-state index contributed by atoms with van der Waals surface area (Å²) in [5, 5.41) is 2.91. The molecule has 0 aliphatic carbocycles. The zero-order valence-electron chi connectivity index (χ0n) is 16.8. The Balaban J connectivity index is 4.94. The van der Waals surface area contributed by atoms with Gasteiger partial charge < -0.3 is 4.12 Å². The molecule has 0 aliphatic heterocycles. The average molecular weight is 488 g/mol. The molecule has 0 N–H and O–H groups in total. The highest BCUT2D eigenvalue weighted by atomic mass is 79.9. The second kappa shape index (κ2) is 9.89. The Morgan fingerprint density at radius 2 is 0.957 bits per heavy atom. The Labute approximate surface area is 165 Å².